The average molecular weight is 417 g/mol. The first-order valence-electron chi connectivity index (χ1n) is 8.06. The lowest BCUT2D eigenvalue weighted by molar-refractivity contribution is -0.384. The van der Waals surface area contributed by atoms with E-state index in [1.54, 1.807) is 30.3 Å². The molecule has 0 atom stereocenters. The average Bonchev–Trinajstić information content (AvgIpc) is 3.02. The van der Waals surface area contributed by atoms with E-state index in [4.69, 9.17) is 21.7 Å². The Morgan fingerprint density at radius 3 is 2.64 bits per heavy atom. The van der Waals surface area contributed by atoms with Crippen LogP contribution in [-0.4, -0.2) is 39.2 Å². The number of benzene rings is 2. The van der Waals surface area contributed by atoms with Gasteiger partial charge in [0.05, 0.1) is 24.0 Å². The van der Waals surface area contributed by atoms with Crippen molar-refractivity contribution in [3.05, 3.63) is 63.7 Å². The zero-order chi connectivity index (χ0) is 20.1. The number of nitro benzene ring substituents is 1. The van der Waals surface area contributed by atoms with Gasteiger partial charge >= 0.3 is 0 Å². The molecule has 0 spiro atoms. The number of hydrogen-bond acceptors (Lipinski definition) is 8. The van der Waals surface area contributed by atoms with Gasteiger partial charge in [-0.15, -0.1) is 0 Å². The van der Waals surface area contributed by atoms with Crippen LogP contribution < -0.4 is 9.47 Å². The van der Waals surface area contributed by atoms with Crippen LogP contribution in [0.25, 0.3) is 0 Å². The Kier molecular flexibility index (Phi) is 6.22. The fourth-order valence-corrected chi connectivity index (χ4v) is 3.31. The lowest BCUT2D eigenvalue weighted by atomic mass is 10.2. The Balaban J connectivity index is 1.68. The van der Waals surface area contributed by atoms with Gasteiger partial charge in [-0.3, -0.25) is 14.9 Å². The van der Waals surface area contributed by atoms with Gasteiger partial charge in [0.15, 0.2) is 15.8 Å². The molecule has 0 radical (unpaired) electrons. The third-order valence-corrected chi connectivity index (χ3v) is 5.12. The number of thioether (sulfide) groups is 1. The second-order valence-corrected chi connectivity index (χ2v) is 7.24. The van der Waals surface area contributed by atoms with E-state index in [0.29, 0.717) is 27.1 Å². The predicted octanol–water partition coefficient (Wildman–Crippen LogP) is 3.38. The molecule has 1 saturated heterocycles. The SMILES string of the molecule is COc1cc(C=NN2C(=O)CSC2=S)ccc1OCc1ccc([N+](=O)[O-])cc1. The quantitative estimate of drug-likeness (QED) is 0.295. The second kappa shape index (κ2) is 8.81. The normalized spacial score (nSPS) is 14.0. The lowest BCUT2D eigenvalue weighted by Crippen LogP contribution is -2.22. The highest BCUT2D eigenvalue weighted by atomic mass is 32.2. The Morgan fingerprint density at radius 1 is 1.29 bits per heavy atom. The molecule has 28 heavy (non-hydrogen) atoms. The van der Waals surface area contributed by atoms with Gasteiger partial charge < -0.3 is 9.47 Å². The number of amides is 1. The van der Waals surface area contributed by atoms with Gasteiger partial charge in [0.25, 0.3) is 11.6 Å². The molecule has 10 heteroatoms. The summed E-state index contributed by atoms with van der Waals surface area (Å²) in [5, 5.41) is 16.0. The zero-order valence-corrected chi connectivity index (χ0v) is 16.4. The van der Waals surface area contributed by atoms with E-state index >= 15 is 0 Å². The Morgan fingerprint density at radius 2 is 2.04 bits per heavy atom. The van der Waals surface area contributed by atoms with Crippen LogP contribution >= 0.6 is 24.0 Å². The highest BCUT2D eigenvalue weighted by Crippen LogP contribution is 2.29. The molecular formula is C18H15N3O5S2. The first-order valence-corrected chi connectivity index (χ1v) is 9.45. The third kappa shape index (κ3) is 4.65. The van der Waals surface area contributed by atoms with E-state index < -0.39 is 4.92 Å². The van der Waals surface area contributed by atoms with Crippen LogP contribution in [0.4, 0.5) is 5.69 Å². The molecule has 3 rings (SSSR count). The van der Waals surface area contributed by atoms with Crippen LogP contribution in [0.5, 0.6) is 11.5 Å². The van der Waals surface area contributed by atoms with Gasteiger partial charge in [-0.1, -0.05) is 24.0 Å². The van der Waals surface area contributed by atoms with E-state index in [2.05, 4.69) is 5.10 Å². The van der Waals surface area contributed by atoms with Crippen molar-refractivity contribution in [2.45, 2.75) is 6.61 Å². The lowest BCUT2D eigenvalue weighted by Gasteiger charge is -2.12. The minimum absolute atomic E-state index is 0.0272. The van der Waals surface area contributed by atoms with Crippen LogP contribution in [-0.2, 0) is 11.4 Å². The van der Waals surface area contributed by atoms with Crippen molar-refractivity contribution in [1.82, 2.24) is 5.01 Å². The van der Waals surface area contributed by atoms with E-state index in [0.717, 1.165) is 5.56 Å². The molecule has 0 unspecified atom stereocenters. The van der Waals surface area contributed by atoms with Crippen molar-refractivity contribution in [1.29, 1.82) is 0 Å². The summed E-state index contributed by atoms with van der Waals surface area (Å²) in [7, 11) is 1.52. The largest absolute Gasteiger partial charge is 0.493 e. The number of methoxy groups -OCH3 is 1. The number of hydrogen-bond donors (Lipinski definition) is 0. The maximum Gasteiger partial charge on any atom is 0.269 e. The molecule has 8 nitrogen and oxygen atoms in total. The summed E-state index contributed by atoms with van der Waals surface area (Å²) in [5.41, 5.74) is 1.53. The second-order valence-electron chi connectivity index (χ2n) is 5.63. The van der Waals surface area contributed by atoms with Crippen molar-refractivity contribution in [3.63, 3.8) is 0 Å². The molecule has 2 aromatic rings. The van der Waals surface area contributed by atoms with E-state index in [9.17, 15) is 14.9 Å². The van der Waals surface area contributed by atoms with Crippen molar-refractivity contribution < 1.29 is 19.2 Å². The first-order chi connectivity index (χ1) is 13.5. The van der Waals surface area contributed by atoms with Gasteiger partial charge in [-0.2, -0.15) is 10.1 Å². The highest BCUT2D eigenvalue weighted by molar-refractivity contribution is 8.23. The maximum absolute atomic E-state index is 11.7. The topological polar surface area (TPSA) is 94.3 Å². The van der Waals surface area contributed by atoms with Crippen molar-refractivity contribution in [3.8, 4) is 11.5 Å². The van der Waals surface area contributed by atoms with Gasteiger partial charge in [-0.05, 0) is 41.5 Å². The Hall–Kier alpha value is -2.98. The van der Waals surface area contributed by atoms with Crippen LogP contribution in [0.3, 0.4) is 0 Å². The van der Waals surface area contributed by atoms with Crippen molar-refractivity contribution in [2.75, 3.05) is 12.9 Å². The molecule has 0 aromatic heterocycles. The van der Waals surface area contributed by atoms with Gasteiger partial charge in [0, 0.05) is 12.1 Å². The highest BCUT2D eigenvalue weighted by Gasteiger charge is 2.25. The molecule has 2 aromatic carbocycles. The van der Waals surface area contributed by atoms with Gasteiger partial charge in [-0.25, -0.2) is 0 Å². The van der Waals surface area contributed by atoms with Gasteiger partial charge in [0.1, 0.15) is 6.61 Å². The van der Waals surface area contributed by atoms with Crippen LogP contribution in [0.1, 0.15) is 11.1 Å². The zero-order valence-electron chi connectivity index (χ0n) is 14.7. The Bertz CT molecular complexity index is 931. The van der Waals surface area contributed by atoms with Crippen LogP contribution in [0.2, 0.25) is 0 Å². The fourth-order valence-electron chi connectivity index (χ4n) is 2.34. The van der Waals surface area contributed by atoms with Crippen molar-refractivity contribution >= 4 is 46.1 Å². The van der Waals surface area contributed by atoms with Crippen LogP contribution in [0, 0.1) is 10.1 Å². The molecule has 0 bridgehead atoms. The standard InChI is InChI=1S/C18H15N3O5S2/c1-25-16-8-13(9-19-20-17(22)11-28-18(20)27)4-7-15(16)26-10-12-2-5-14(6-3-12)21(23)24/h2-9H,10-11H2,1H3. The third-order valence-electron chi connectivity index (χ3n) is 3.78. The molecule has 0 N–H and O–H groups in total. The summed E-state index contributed by atoms with van der Waals surface area (Å²) in [6.07, 6.45) is 1.53. The molecule has 0 aliphatic carbocycles. The number of ether oxygens (including phenoxy) is 2. The summed E-state index contributed by atoms with van der Waals surface area (Å²) in [6.45, 7) is 0.232. The molecule has 1 heterocycles. The minimum atomic E-state index is -0.449. The van der Waals surface area contributed by atoms with Crippen molar-refractivity contribution in [2.24, 2.45) is 5.10 Å². The number of carbonyl (C=O) groups excluding carboxylic acids is 1. The van der Waals surface area contributed by atoms with E-state index in [1.807, 2.05) is 0 Å². The van der Waals surface area contributed by atoms with E-state index in [1.165, 1.54) is 42.2 Å². The number of hydrazone groups is 1. The fraction of sp³-hybridized carbons (Fsp3) is 0.167. The summed E-state index contributed by atoms with van der Waals surface area (Å²) >= 11 is 6.36. The molecular weight excluding hydrogens is 402 g/mol. The number of nitro groups is 1. The molecule has 1 aliphatic rings. The van der Waals surface area contributed by atoms with Gasteiger partial charge in [0.2, 0.25) is 0 Å². The summed E-state index contributed by atoms with van der Waals surface area (Å²) in [4.78, 5) is 21.9. The number of thiocarbonyl (C=S) groups is 1. The minimum Gasteiger partial charge on any atom is -0.493 e. The molecule has 1 fully saturated rings. The summed E-state index contributed by atoms with van der Waals surface area (Å²) in [6, 6.07) is 11.4. The molecule has 144 valence electrons. The predicted molar refractivity (Wildman–Crippen MR) is 110 cm³/mol. The number of carbonyl (C=O) groups is 1. The molecule has 1 aliphatic heterocycles. The summed E-state index contributed by atoms with van der Waals surface area (Å²) < 4.78 is 11.5. The Labute approximate surface area is 170 Å². The monoisotopic (exact) mass is 417 g/mol. The number of rotatable bonds is 7. The number of nitrogens with zero attached hydrogens (tertiary/aromatic N) is 3. The van der Waals surface area contributed by atoms with E-state index in [-0.39, 0.29) is 18.2 Å². The maximum atomic E-state index is 11.7. The van der Waals surface area contributed by atoms with Crippen LogP contribution in [0.15, 0.2) is 47.6 Å². The number of non-ortho nitro benzene ring substituents is 1. The molecule has 0 saturated carbocycles. The first kappa shape index (κ1) is 19.8. The summed E-state index contributed by atoms with van der Waals surface area (Å²) in [5.74, 6) is 1.16. The molecule has 1 amide bonds. The smallest absolute Gasteiger partial charge is 0.269 e.